The fourth-order valence-electron chi connectivity index (χ4n) is 2.37. The fraction of sp³-hybridized carbons (Fsp3) is 0.118. The summed E-state index contributed by atoms with van der Waals surface area (Å²) in [5.74, 6) is 0.104. The Morgan fingerprint density at radius 1 is 1.14 bits per heavy atom. The number of fused-ring (bicyclic) bond motifs is 1. The first kappa shape index (κ1) is 14.1. The van der Waals surface area contributed by atoms with Crippen LogP contribution >= 0.6 is 0 Å². The number of esters is 1. The molecule has 0 amide bonds. The molecule has 112 valence electrons. The Morgan fingerprint density at radius 2 is 1.95 bits per heavy atom. The molecule has 0 unspecified atom stereocenters. The van der Waals surface area contributed by atoms with Gasteiger partial charge in [-0.15, -0.1) is 0 Å². The maximum atomic E-state index is 13.2. The number of methoxy groups -OCH3 is 1. The number of aryl methyl sites for hydroxylation is 1. The summed E-state index contributed by atoms with van der Waals surface area (Å²) in [5.41, 5.74) is 2.11. The van der Waals surface area contributed by atoms with Crippen molar-refractivity contribution < 1.29 is 18.7 Å². The second kappa shape index (κ2) is 5.52. The van der Waals surface area contributed by atoms with Crippen LogP contribution in [0.5, 0.6) is 11.5 Å². The van der Waals surface area contributed by atoms with Gasteiger partial charge in [0.05, 0.1) is 13.3 Å². The Morgan fingerprint density at radius 3 is 2.68 bits per heavy atom. The van der Waals surface area contributed by atoms with Crippen molar-refractivity contribution in [3.05, 3.63) is 65.7 Å². The Balaban J connectivity index is 2.03. The minimum Gasteiger partial charge on any atom is -0.464 e. The van der Waals surface area contributed by atoms with Crippen LogP contribution in [0, 0.1) is 12.7 Å². The molecule has 0 saturated carbocycles. The molecule has 2 aromatic heterocycles. The van der Waals surface area contributed by atoms with Gasteiger partial charge in [0.2, 0.25) is 0 Å². The molecule has 22 heavy (non-hydrogen) atoms. The second-order valence-electron chi connectivity index (χ2n) is 4.89. The topological polar surface area (TPSA) is 39.9 Å². The van der Waals surface area contributed by atoms with Crippen molar-refractivity contribution >= 4 is 11.5 Å². The fourth-order valence-corrected chi connectivity index (χ4v) is 2.37. The van der Waals surface area contributed by atoms with Crippen LogP contribution in [0.15, 0.2) is 48.7 Å². The molecular formula is C17H14FNO3. The number of carbonyl (C=O) groups excluding carboxylic acids is 1. The van der Waals surface area contributed by atoms with Gasteiger partial charge in [0.25, 0.3) is 0 Å². The number of nitrogens with zero attached hydrogens (tertiary/aromatic N) is 1. The average molecular weight is 299 g/mol. The number of rotatable bonds is 3. The van der Waals surface area contributed by atoms with E-state index >= 15 is 0 Å². The SMILES string of the molecule is COC(=O)c1c(C)cc2ccc(Oc3cccc(F)c3)cn12. The molecule has 0 N–H and O–H groups in total. The Hall–Kier alpha value is -2.82. The third kappa shape index (κ3) is 2.53. The zero-order valence-electron chi connectivity index (χ0n) is 12.2. The van der Waals surface area contributed by atoms with E-state index in [0.717, 1.165) is 11.1 Å². The van der Waals surface area contributed by atoms with Crippen LogP contribution in [-0.4, -0.2) is 17.5 Å². The second-order valence-corrected chi connectivity index (χ2v) is 4.89. The van der Waals surface area contributed by atoms with Gasteiger partial charge in [-0.2, -0.15) is 0 Å². The predicted octanol–water partition coefficient (Wildman–Crippen LogP) is 3.97. The number of ether oxygens (including phenoxy) is 2. The van der Waals surface area contributed by atoms with Crippen LogP contribution in [0.1, 0.15) is 16.1 Å². The Bertz CT molecular complexity index is 854. The number of carbonyl (C=O) groups is 1. The van der Waals surface area contributed by atoms with Crippen molar-refractivity contribution in [1.29, 1.82) is 0 Å². The third-order valence-electron chi connectivity index (χ3n) is 3.34. The molecule has 4 nitrogen and oxygen atoms in total. The van der Waals surface area contributed by atoms with Crippen molar-refractivity contribution in [1.82, 2.24) is 4.40 Å². The number of aromatic nitrogens is 1. The minimum absolute atomic E-state index is 0.370. The summed E-state index contributed by atoms with van der Waals surface area (Å²) in [7, 11) is 1.34. The van der Waals surface area contributed by atoms with Gasteiger partial charge in [-0.25, -0.2) is 9.18 Å². The van der Waals surface area contributed by atoms with Crippen LogP contribution in [0.3, 0.4) is 0 Å². The number of hydrogen-bond acceptors (Lipinski definition) is 3. The van der Waals surface area contributed by atoms with Crippen LogP contribution in [0.4, 0.5) is 4.39 Å². The van der Waals surface area contributed by atoms with E-state index in [-0.39, 0.29) is 5.82 Å². The molecule has 2 heterocycles. The number of pyridine rings is 1. The van der Waals surface area contributed by atoms with Crippen molar-refractivity contribution in [2.24, 2.45) is 0 Å². The largest absolute Gasteiger partial charge is 0.464 e. The van der Waals surface area contributed by atoms with E-state index < -0.39 is 5.97 Å². The van der Waals surface area contributed by atoms with E-state index in [2.05, 4.69) is 0 Å². The molecule has 0 atom stereocenters. The molecule has 0 aliphatic carbocycles. The zero-order chi connectivity index (χ0) is 15.7. The summed E-state index contributed by atoms with van der Waals surface area (Å²) in [6.07, 6.45) is 1.68. The average Bonchev–Trinajstić information content (AvgIpc) is 2.82. The molecule has 0 fully saturated rings. The van der Waals surface area contributed by atoms with Crippen LogP contribution in [0.25, 0.3) is 5.52 Å². The lowest BCUT2D eigenvalue weighted by atomic mass is 10.3. The maximum absolute atomic E-state index is 13.2. The van der Waals surface area contributed by atoms with Crippen LogP contribution in [0.2, 0.25) is 0 Å². The molecule has 0 saturated heterocycles. The van der Waals surface area contributed by atoms with Gasteiger partial charge in [-0.3, -0.25) is 0 Å². The van der Waals surface area contributed by atoms with Gasteiger partial charge in [-0.1, -0.05) is 6.07 Å². The number of halogens is 1. The highest BCUT2D eigenvalue weighted by molar-refractivity contribution is 5.91. The van der Waals surface area contributed by atoms with E-state index in [0.29, 0.717) is 17.2 Å². The number of benzene rings is 1. The van der Waals surface area contributed by atoms with E-state index in [4.69, 9.17) is 9.47 Å². The molecule has 0 bridgehead atoms. The maximum Gasteiger partial charge on any atom is 0.355 e. The third-order valence-corrected chi connectivity index (χ3v) is 3.34. The van der Waals surface area contributed by atoms with Gasteiger partial charge in [0, 0.05) is 11.6 Å². The molecule has 3 rings (SSSR count). The lowest BCUT2D eigenvalue weighted by molar-refractivity contribution is 0.0592. The lowest BCUT2D eigenvalue weighted by Crippen LogP contribution is -2.07. The van der Waals surface area contributed by atoms with E-state index in [1.54, 1.807) is 28.8 Å². The Kier molecular flexibility index (Phi) is 3.55. The van der Waals surface area contributed by atoms with Gasteiger partial charge in [0.15, 0.2) is 0 Å². The summed E-state index contributed by atoms with van der Waals surface area (Å²) in [6, 6.07) is 11.4. The van der Waals surface area contributed by atoms with Gasteiger partial charge >= 0.3 is 5.97 Å². The van der Waals surface area contributed by atoms with Crippen molar-refractivity contribution in [3.63, 3.8) is 0 Å². The van der Waals surface area contributed by atoms with Gasteiger partial charge in [-0.05, 0) is 42.8 Å². The predicted molar refractivity (Wildman–Crippen MR) is 79.9 cm³/mol. The van der Waals surface area contributed by atoms with E-state index in [9.17, 15) is 9.18 Å². The zero-order valence-corrected chi connectivity index (χ0v) is 12.2. The molecule has 3 aromatic rings. The highest BCUT2D eigenvalue weighted by Crippen LogP contribution is 2.25. The van der Waals surface area contributed by atoms with Gasteiger partial charge < -0.3 is 13.9 Å². The van der Waals surface area contributed by atoms with Crippen molar-refractivity contribution in [3.8, 4) is 11.5 Å². The highest BCUT2D eigenvalue weighted by atomic mass is 19.1. The van der Waals surface area contributed by atoms with E-state index in [1.807, 2.05) is 19.1 Å². The number of hydrogen-bond donors (Lipinski definition) is 0. The van der Waals surface area contributed by atoms with Crippen LogP contribution < -0.4 is 4.74 Å². The molecule has 0 spiro atoms. The first-order valence-corrected chi connectivity index (χ1v) is 6.72. The molecule has 0 aliphatic heterocycles. The first-order chi connectivity index (χ1) is 10.6. The summed E-state index contributed by atoms with van der Waals surface area (Å²) in [6.45, 7) is 1.84. The minimum atomic E-state index is -0.416. The molecule has 0 aliphatic rings. The highest BCUT2D eigenvalue weighted by Gasteiger charge is 2.16. The monoisotopic (exact) mass is 299 g/mol. The normalized spacial score (nSPS) is 10.7. The summed E-state index contributed by atoms with van der Waals surface area (Å²) in [5, 5.41) is 0. The van der Waals surface area contributed by atoms with Crippen molar-refractivity contribution in [2.45, 2.75) is 6.92 Å². The standard InChI is InChI=1S/C17H14FNO3/c1-11-8-13-6-7-15(10-19(13)16(11)17(20)21-2)22-14-5-3-4-12(18)9-14/h3-10H,1-2H3. The van der Waals surface area contributed by atoms with E-state index in [1.165, 1.54) is 19.2 Å². The summed E-state index contributed by atoms with van der Waals surface area (Å²) < 4.78 is 25.3. The lowest BCUT2D eigenvalue weighted by Gasteiger charge is -2.08. The summed E-state index contributed by atoms with van der Waals surface area (Å²) in [4.78, 5) is 11.9. The molecule has 0 radical (unpaired) electrons. The summed E-state index contributed by atoms with van der Waals surface area (Å²) >= 11 is 0. The molecular weight excluding hydrogens is 285 g/mol. The first-order valence-electron chi connectivity index (χ1n) is 6.72. The Labute approximate surface area is 126 Å². The van der Waals surface area contributed by atoms with Crippen molar-refractivity contribution in [2.75, 3.05) is 7.11 Å². The molecule has 1 aromatic carbocycles. The van der Waals surface area contributed by atoms with Crippen LogP contribution in [-0.2, 0) is 4.74 Å². The molecule has 5 heteroatoms. The smallest absolute Gasteiger partial charge is 0.355 e. The van der Waals surface area contributed by atoms with Gasteiger partial charge in [0.1, 0.15) is 23.0 Å². The quantitative estimate of drug-likeness (QED) is 0.687.